The molecular weight excluding hydrogens is 144 g/mol. The maximum absolute atomic E-state index is 10.5. The first kappa shape index (κ1) is 8.27. The Morgan fingerprint density at radius 2 is 2.36 bits per heavy atom. The van der Waals surface area contributed by atoms with Crippen LogP contribution in [0, 0.1) is 5.92 Å². The van der Waals surface area contributed by atoms with Gasteiger partial charge in [-0.15, -0.1) is 0 Å². The van der Waals surface area contributed by atoms with E-state index in [0.29, 0.717) is 12.3 Å². The maximum atomic E-state index is 10.5. The zero-order valence-electron chi connectivity index (χ0n) is 6.45. The number of allylic oxidation sites excluding steroid dienone is 1. The van der Waals surface area contributed by atoms with E-state index in [2.05, 4.69) is 0 Å². The van der Waals surface area contributed by atoms with E-state index >= 15 is 0 Å². The molecule has 3 heteroatoms. The van der Waals surface area contributed by atoms with Crippen LogP contribution in [0.3, 0.4) is 0 Å². The molecule has 2 unspecified atom stereocenters. The molecule has 1 rings (SSSR count). The first-order valence-corrected chi connectivity index (χ1v) is 3.70. The summed E-state index contributed by atoms with van der Waals surface area (Å²) in [6.45, 7) is 2.00. The van der Waals surface area contributed by atoms with Gasteiger partial charge >= 0.3 is 5.97 Å². The van der Waals surface area contributed by atoms with E-state index in [9.17, 15) is 9.90 Å². The molecule has 0 saturated heterocycles. The summed E-state index contributed by atoms with van der Waals surface area (Å²) in [6, 6.07) is 0. The predicted octanol–water partition coefficient (Wildman–Crippen LogP) is 0.788. The smallest absolute Gasteiger partial charge is 0.339 e. The van der Waals surface area contributed by atoms with E-state index in [-0.39, 0.29) is 0 Å². The summed E-state index contributed by atoms with van der Waals surface area (Å²) in [4.78, 5) is 10.5. The standard InChI is InChI=1S/C8H12O3/c1-6-2-4-8(11,5-3-6)7(9)10/h2,4,6,11H,3,5H2,1H3,(H,9,10). The van der Waals surface area contributed by atoms with Crippen LogP contribution in [-0.4, -0.2) is 21.8 Å². The number of rotatable bonds is 1. The topological polar surface area (TPSA) is 57.5 Å². The average molecular weight is 156 g/mol. The molecule has 0 aliphatic heterocycles. The van der Waals surface area contributed by atoms with Crippen LogP contribution in [0.25, 0.3) is 0 Å². The molecule has 0 fully saturated rings. The van der Waals surface area contributed by atoms with Crippen molar-refractivity contribution >= 4 is 5.97 Å². The second-order valence-electron chi connectivity index (χ2n) is 3.10. The van der Waals surface area contributed by atoms with Gasteiger partial charge < -0.3 is 10.2 Å². The number of aliphatic hydroxyl groups is 1. The van der Waals surface area contributed by atoms with E-state index in [1.54, 1.807) is 6.08 Å². The van der Waals surface area contributed by atoms with Crippen molar-refractivity contribution < 1.29 is 15.0 Å². The first-order chi connectivity index (χ1) is 5.04. The normalized spacial score (nSPS) is 37.1. The summed E-state index contributed by atoms with van der Waals surface area (Å²) in [7, 11) is 0. The van der Waals surface area contributed by atoms with Crippen LogP contribution in [0.2, 0.25) is 0 Å². The molecule has 0 heterocycles. The third-order valence-corrected chi connectivity index (χ3v) is 2.05. The van der Waals surface area contributed by atoms with Crippen molar-refractivity contribution in [1.29, 1.82) is 0 Å². The molecule has 1 aliphatic rings. The summed E-state index contributed by atoms with van der Waals surface area (Å²) in [5.74, 6) is -0.768. The van der Waals surface area contributed by atoms with E-state index in [1.165, 1.54) is 6.08 Å². The highest BCUT2D eigenvalue weighted by molar-refractivity contribution is 5.79. The van der Waals surface area contributed by atoms with Gasteiger partial charge in [-0.1, -0.05) is 13.0 Å². The Balaban J connectivity index is 2.76. The monoisotopic (exact) mass is 156 g/mol. The molecule has 0 aromatic carbocycles. The quantitative estimate of drug-likeness (QED) is 0.552. The molecule has 0 saturated carbocycles. The summed E-state index contributed by atoms with van der Waals surface area (Å²) >= 11 is 0. The number of carboxylic acid groups (broad SMARTS) is 1. The fourth-order valence-electron chi connectivity index (χ4n) is 1.13. The number of hydrogen-bond acceptors (Lipinski definition) is 2. The molecule has 0 radical (unpaired) electrons. The number of carboxylic acids is 1. The van der Waals surface area contributed by atoms with E-state index in [4.69, 9.17) is 5.11 Å². The van der Waals surface area contributed by atoms with Crippen LogP contribution in [0.15, 0.2) is 12.2 Å². The minimum absolute atomic E-state index is 0.319. The summed E-state index contributed by atoms with van der Waals surface area (Å²) < 4.78 is 0. The third kappa shape index (κ3) is 1.60. The molecular formula is C8H12O3. The summed E-state index contributed by atoms with van der Waals surface area (Å²) in [6.07, 6.45) is 4.18. The van der Waals surface area contributed by atoms with Gasteiger partial charge in [-0.3, -0.25) is 0 Å². The molecule has 0 spiro atoms. The van der Waals surface area contributed by atoms with Crippen molar-refractivity contribution in [3.63, 3.8) is 0 Å². The summed E-state index contributed by atoms with van der Waals surface area (Å²) in [5.41, 5.74) is -1.60. The van der Waals surface area contributed by atoms with Gasteiger partial charge in [-0.25, -0.2) is 4.79 Å². The van der Waals surface area contributed by atoms with Crippen molar-refractivity contribution in [3.8, 4) is 0 Å². The highest BCUT2D eigenvalue weighted by Crippen LogP contribution is 2.25. The van der Waals surface area contributed by atoms with Crippen molar-refractivity contribution in [2.24, 2.45) is 5.92 Å². The second-order valence-corrected chi connectivity index (χ2v) is 3.10. The van der Waals surface area contributed by atoms with Gasteiger partial charge in [-0.05, 0) is 24.8 Å². The van der Waals surface area contributed by atoms with Gasteiger partial charge in [0, 0.05) is 0 Å². The van der Waals surface area contributed by atoms with Crippen molar-refractivity contribution in [2.45, 2.75) is 25.4 Å². The second kappa shape index (κ2) is 2.66. The lowest BCUT2D eigenvalue weighted by Crippen LogP contribution is -2.38. The maximum Gasteiger partial charge on any atom is 0.339 e. The molecule has 11 heavy (non-hydrogen) atoms. The van der Waals surface area contributed by atoms with E-state index in [0.717, 1.165) is 6.42 Å². The zero-order valence-corrected chi connectivity index (χ0v) is 6.45. The average Bonchev–Trinajstić information content (AvgIpc) is 1.95. The SMILES string of the molecule is CC1C=CC(O)(C(=O)O)CC1. The Morgan fingerprint density at radius 3 is 2.73 bits per heavy atom. The minimum atomic E-state index is -1.60. The number of hydrogen-bond donors (Lipinski definition) is 2. The number of aliphatic carboxylic acids is 1. The largest absolute Gasteiger partial charge is 0.479 e. The Morgan fingerprint density at radius 1 is 1.73 bits per heavy atom. The number of carbonyl (C=O) groups is 1. The molecule has 0 aromatic heterocycles. The lowest BCUT2D eigenvalue weighted by Gasteiger charge is -2.25. The molecule has 0 bridgehead atoms. The van der Waals surface area contributed by atoms with Gasteiger partial charge in [0.15, 0.2) is 5.60 Å². The Labute approximate surface area is 65.3 Å². The molecule has 0 aromatic rings. The summed E-state index contributed by atoms with van der Waals surface area (Å²) in [5, 5.41) is 18.0. The van der Waals surface area contributed by atoms with Crippen LogP contribution in [0.1, 0.15) is 19.8 Å². The predicted molar refractivity (Wildman–Crippen MR) is 40.1 cm³/mol. The molecule has 2 N–H and O–H groups in total. The van der Waals surface area contributed by atoms with E-state index in [1.807, 2.05) is 6.92 Å². The van der Waals surface area contributed by atoms with Gasteiger partial charge in [0.25, 0.3) is 0 Å². The molecule has 0 amide bonds. The van der Waals surface area contributed by atoms with E-state index < -0.39 is 11.6 Å². The van der Waals surface area contributed by atoms with Crippen molar-refractivity contribution in [2.75, 3.05) is 0 Å². The third-order valence-electron chi connectivity index (χ3n) is 2.05. The van der Waals surface area contributed by atoms with Gasteiger partial charge in [0.2, 0.25) is 0 Å². The van der Waals surface area contributed by atoms with Crippen LogP contribution >= 0.6 is 0 Å². The van der Waals surface area contributed by atoms with Crippen molar-refractivity contribution in [1.82, 2.24) is 0 Å². The highest BCUT2D eigenvalue weighted by Gasteiger charge is 2.34. The first-order valence-electron chi connectivity index (χ1n) is 3.70. The molecule has 3 nitrogen and oxygen atoms in total. The fourth-order valence-corrected chi connectivity index (χ4v) is 1.13. The Kier molecular flexibility index (Phi) is 2.00. The molecule has 2 atom stereocenters. The lowest BCUT2D eigenvalue weighted by molar-refractivity contribution is -0.154. The molecule has 1 aliphatic carbocycles. The van der Waals surface area contributed by atoms with Crippen molar-refractivity contribution in [3.05, 3.63) is 12.2 Å². The Hall–Kier alpha value is -0.830. The van der Waals surface area contributed by atoms with Gasteiger partial charge in [0.1, 0.15) is 0 Å². The fraction of sp³-hybridized carbons (Fsp3) is 0.625. The van der Waals surface area contributed by atoms with Crippen LogP contribution < -0.4 is 0 Å². The van der Waals surface area contributed by atoms with Crippen LogP contribution in [0.4, 0.5) is 0 Å². The Bertz CT molecular complexity index is 198. The van der Waals surface area contributed by atoms with Gasteiger partial charge in [-0.2, -0.15) is 0 Å². The van der Waals surface area contributed by atoms with Crippen LogP contribution in [-0.2, 0) is 4.79 Å². The van der Waals surface area contributed by atoms with Gasteiger partial charge in [0.05, 0.1) is 0 Å². The lowest BCUT2D eigenvalue weighted by atomic mass is 9.86. The van der Waals surface area contributed by atoms with Crippen LogP contribution in [0.5, 0.6) is 0 Å². The zero-order chi connectivity index (χ0) is 8.48. The highest BCUT2D eigenvalue weighted by atomic mass is 16.4. The minimum Gasteiger partial charge on any atom is -0.479 e. The molecule has 62 valence electrons.